The van der Waals surface area contributed by atoms with Crippen molar-refractivity contribution in [1.82, 2.24) is 9.88 Å². The summed E-state index contributed by atoms with van der Waals surface area (Å²) in [7, 11) is 4.06. The van der Waals surface area contributed by atoms with Crippen LogP contribution in [0.25, 0.3) is 0 Å². The Morgan fingerprint density at radius 3 is 2.77 bits per heavy atom. The first kappa shape index (κ1) is 10.2. The third-order valence-electron chi connectivity index (χ3n) is 1.77. The van der Waals surface area contributed by atoms with Crippen LogP contribution in [0, 0.1) is 0 Å². The average Bonchev–Trinajstić information content (AvgIpc) is 2.48. The van der Waals surface area contributed by atoms with E-state index >= 15 is 0 Å². The molecule has 74 valence electrons. The lowest BCUT2D eigenvalue weighted by Gasteiger charge is -2.06. The van der Waals surface area contributed by atoms with Crippen LogP contribution in [0.5, 0.6) is 0 Å². The van der Waals surface area contributed by atoms with Crippen LogP contribution in [0.15, 0.2) is 10.6 Å². The van der Waals surface area contributed by atoms with Gasteiger partial charge in [0.15, 0.2) is 0 Å². The van der Waals surface area contributed by atoms with Crippen molar-refractivity contribution in [1.29, 1.82) is 0 Å². The lowest BCUT2D eigenvalue weighted by atomic mass is 10.3. The van der Waals surface area contributed by atoms with Crippen LogP contribution in [0.2, 0.25) is 0 Å². The Bertz CT molecular complexity index is 255. The molecular formula is C9H17N3O. The number of hydrogen-bond donors (Lipinski definition) is 1. The Labute approximate surface area is 78.7 Å². The van der Waals surface area contributed by atoms with Crippen molar-refractivity contribution < 1.29 is 4.42 Å². The van der Waals surface area contributed by atoms with E-state index in [1.54, 1.807) is 6.20 Å². The van der Waals surface area contributed by atoms with Crippen molar-refractivity contribution in [2.24, 2.45) is 5.73 Å². The number of nitrogens with zero attached hydrogens (tertiary/aromatic N) is 2. The van der Waals surface area contributed by atoms with Crippen molar-refractivity contribution in [3.63, 3.8) is 0 Å². The van der Waals surface area contributed by atoms with E-state index in [1.165, 1.54) is 0 Å². The van der Waals surface area contributed by atoms with E-state index in [0.717, 1.165) is 18.7 Å². The molecule has 0 fully saturated rings. The average molecular weight is 183 g/mol. The van der Waals surface area contributed by atoms with Crippen LogP contribution < -0.4 is 5.73 Å². The molecule has 1 aromatic heterocycles. The van der Waals surface area contributed by atoms with Gasteiger partial charge in [-0.1, -0.05) is 0 Å². The second-order valence-corrected chi connectivity index (χ2v) is 3.51. The highest BCUT2D eigenvalue weighted by atomic mass is 16.4. The zero-order valence-corrected chi connectivity index (χ0v) is 8.45. The number of hydrogen-bond acceptors (Lipinski definition) is 4. The fourth-order valence-electron chi connectivity index (χ4n) is 0.983. The molecule has 0 bridgehead atoms. The molecule has 13 heavy (non-hydrogen) atoms. The Kier molecular flexibility index (Phi) is 3.45. The van der Waals surface area contributed by atoms with Crippen molar-refractivity contribution in [3.8, 4) is 0 Å². The molecule has 1 rings (SSSR count). The molecule has 0 unspecified atom stereocenters. The fourth-order valence-corrected chi connectivity index (χ4v) is 0.983. The van der Waals surface area contributed by atoms with Crippen LogP contribution >= 0.6 is 0 Å². The van der Waals surface area contributed by atoms with Crippen molar-refractivity contribution in [2.75, 3.05) is 20.6 Å². The molecule has 0 aliphatic heterocycles. The highest BCUT2D eigenvalue weighted by Crippen LogP contribution is 2.10. The minimum absolute atomic E-state index is 0.117. The minimum atomic E-state index is -0.117. The van der Waals surface area contributed by atoms with E-state index in [2.05, 4.69) is 9.88 Å². The van der Waals surface area contributed by atoms with E-state index in [0.29, 0.717) is 5.89 Å². The maximum Gasteiger partial charge on any atom is 0.210 e. The lowest BCUT2D eigenvalue weighted by Crippen LogP contribution is -2.14. The quantitative estimate of drug-likeness (QED) is 0.750. The summed E-state index contributed by atoms with van der Waals surface area (Å²) < 4.78 is 5.43. The van der Waals surface area contributed by atoms with Gasteiger partial charge in [0, 0.05) is 13.0 Å². The molecule has 0 saturated heterocycles. The van der Waals surface area contributed by atoms with Gasteiger partial charge in [-0.3, -0.25) is 0 Å². The summed E-state index contributed by atoms with van der Waals surface area (Å²) >= 11 is 0. The molecule has 0 spiro atoms. The highest BCUT2D eigenvalue weighted by Gasteiger charge is 2.07. The van der Waals surface area contributed by atoms with Gasteiger partial charge in [-0.05, 0) is 21.0 Å². The zero-order chi connectivity index (χ0) is 9.84. The van der Waals surface area contributed by atoms with E-state index in [-0.39, 0.29) is 6.04 Å². The van der Waals surface area contributed by atoms with E-state index < -0.39 is 0 Å². The first-order valence-corrected chi connectivity index (χ1v) is 4.44. The van der Waals surface area contributed by atoms with Crippen LogP contribution in [0.1, 0.15) is 24.6 Å². The van der Waals surface area contributed by atoms with Gasteiger partial charge < -0.3 is 15.1 Å². The van der Waals surface area contributed by atoms with E-state index in [4.69, 9.17) is 10.2 Å². The maximum absolute atomic E-state index is 5.62. The molecule has 1 heterocycles. The van der Waals surface area contributed by atoms with Gasteiger partial charge >= 0.3 is 0 Å². The second kappa shape index (κ2) is 4.39. The van der Waals surface area contributed by atoms with Crippen LogP contribution in [0.3, 0.4) is 0 Å². The molecule has 0 aromatic carbocycles. The third kappa shape index (κ3) is 3.16. The van der Waals surface area contributed by atoms with Crippen molar-refractivity contribution in [2.45, 2.75) is 19.4 Å². The van der Waals surface area contributed by atoms with E-state index in [1.807, 2.05) is 21.0 Å². The third-order valence-corrected chi connectivity index (χ3v) is 1.77. The Hall–Kier alpha value is -0.870. The summed E-state index contributed by atoms with van der Waals surface area (Å²) in [4.78, 5) is 6.19. The molecule has 4 nitrogen and oxygen atoms in total. The summed E-state index contributed by atoms with van der Waals surface area (Å²) in [5, 5.41) is 0. The number of oxazole rings is 1. The molecule has 0 aliphatic carbocycles. The lowest BCUT2D eigenvalue weighted by molar-refractivity contribution is 0.375. The monoisotopic (exact) mass is 183 g/mol. The second-order valence-electron chi connectivity index (χ2n) is 3.51. The highest BCUT2D eigenvalue weighted by molar-refractivity contribution is 4.97. The van der Waals surface area contributed by atoms with Crippen LogP contribution in [-0.4, -0.2) is 30.5 Å². The van der Waals surface area contributed by atoms with Gasteiger partial charge in [0.05, 0.1) is 12.2 Å². The topological polar surface area (TPSA) is 55.3 Å². The summed E-state index contributed by atoms with van der Waals surface area (Å²) in [6.07, 6.45) is 2.63. The van der Waals surface area contributed by atoms with Gasteiger partial charge in [0.2, 0.25) is 5.89 Å². The summed E-state index contributed by atoms with van der Waals surface area (Å²) in [6.45, 7) is 2.83. The van der Waals surface area contributed by atoms with Gasteiger partial charge in [0.25, 0.3) is 0 Å². The molecule has 0 amide bonds. The van der Waals surface area contributed by atoms with Gasteiger partial charge in [-0.2, -0.15) is 0 Å². The van der Waals surface area contributed by atoms with Gasteiger partial charge in [-0.25, -0.2) is 4.98 Å². The summed E-state index contributed by atoms with van der Waals surface area (Å²) in [5.74, 6) is 1.52. The molecule has 0 radical (unpaired) electrons. The number of likely N-dealkylation sites (N-methyl/N-ethyl adjacent to an activating group) is 1. The molecule has 1 aromatic rings. The number of nitrogens with two attached hydrogens (primary N) is 1. The van der Waals surface area contributed by atoms with Gasteiger partial charge in [-0.15, -0.1) is 0 Å². The summed E-state index contributed by atoms with van der Waals surface area (Å²) in [5.41, 5.74) is 5.62. The Balaban J connectivity index is 2.49. The molecular weight excluding hydrogens is 166 g/mol. The SMILES string of the molecule is C[C@H](N)c1ncc(CCN(C)C)o1. The fraction of sp³-hybridized carbons (Fsp3) is 0.667. The largest absolute Gasteiger partial charge is 0.444 e. The number of rotatable bonds is 4. The smallest absolute Gasteiger partial charge is 0.210 e. The molecule has 4 heteroatoms. The van der Waals surface area contributed by atoms with Crippen LogP contribution in [0.4, 0.5) is 0 Å². The molecule has 1 atom stereocenters. The van der Waals surface area contributed by atoms with Crippen molar-refractivity contribution in [3.05, 3.63) is 17.8 Å². The zero-order valence-electron chi connectivity index (χ0n) is 8.45. The number of aromatic nitrogens is 1. The van der Waals surface area contributed by atoms with Crippen molar-refractivity contribution >= 4 is 0 Å². The summed E-state index contributed by atoms with van der Waals surface area (Å²) in [6, 6.07) is -0.117. The first-order valence-electron chi connectivity index (χ1n) is 4.44. The Morgan fingerprint density at radius 1 is 1.62 bits per heavy atom. The standard InChI is InChI=1S/C9H17N3O/c1-7(10)9-11-6-8(13-9)4-5-12(2)3/h6-7H,4-5,10H2,1-3H3/t7-/m0/s1. The van der Waals surface area contributed by atoms with Gasteiger partial charge in [0.1, 0.15) is 5.76 Å². The first-order chi connectivity index (χ1) is 6.09. The molecule has 0 aliphatic rings. The molecule has 0 saturated carbocycles. The normalized spacial score (nSPS) is 13.6. The Morgan fingerprint density at radius 2 is 2.31 bits per heavy atom. The van der Waals surface area contributed by atoms with E-state index in [9.17, 15) is 0 Å². The maximum atomic E-state index is 5.62. The predicted octanol–water partition coefficient (Wildman–Crippen LogP) is 0.798. The predicted molar refractivity (Wildman–Crippen MR) is 51.4 cm³/mol. The minimum Gasteiger partial charge on any atom is -0.444 e. The van der Waals surface area contributed by atoms with Crippen LogP contribution in [-0.2, 0) is 6.42 Å². The molecule has 2 N–H and O–H groups in total.